The number of aromatic nitrogens is 2. The van der Waals surface area contributed by atoms with Gasteiger partial charge in [0.1, 0.15) is 0 Å². The molecule has 0 saturated heterocycles. The minimum Gasteiger partial charge on any atom is -0.493 e. The van der Waals surface area contributed by atoms with Crippen molar-refractivity contribution in [3.8, 4) is 23.0 Å². The molecule has 12 nitrogen and oxygen atoms in total. The summed E-state index contributed by atoms with van der Waals surface area (Å²) in [6.45, 7) is 0.677. The molecule has 1 aliphatic heterocycles. The van der Waals surface area contributed by atoms with E-state index < -0.39 is 4.92 Å². The SMILES string of the molecule is COc1ccc(CCNC(=O)c2ccc(Cn3c(SCc4cccc([N+](=O)[O-])c4)nc4cc5c(cc4c3=O)OCO5)cc2)cc1OC. The second kappa shape index (κ2) is 13.8. The molecule has 47 heavy (non-hydrogen) atoms. The largest absolute Gasteiger partial charge is 0.493 e. The quantitative estimate of drug-likeness (QED) is 0.0808. The number of nitrogens with zero attached hydrogens (tertiary/aromatic N) is 3. The zero-order valence-corrected chi connectivity index (χ0v) is 26.4. The molecule has 0 saturated carbocycles. The van der Waals surface area contributed by atoms with E-state index in [0.717, 1.165) is 16.7 Å². The predicted molar refractivity (Wildman–Crippen MR) is 176 cm³/mol. The summed E-state index contributed by atoms with van der Waals surface area (Å²) in [5.74, 6) is 2.39. The normalized spacial score (nSPS) is 11.8. The summed E-state index contributed by atoms with van der Waals surface area (Å²) in [5.41, 5.74) is 3.16. The minimum atomic E-state index is -0.441. The molecular weight excluding hydrogens is 624 g/mol. The van der Waals surface area contributed by atoms with Crippen LogP contribution < -0.4 is 29.8 Å². The molecule has 0 radical (unpaired) electrons. The zero-order valence-electron chi connectivity index (χ0n) is 25.6. The van der Waals surface area contributed by atoms with Crippen LogP contribution >= 0.6 is 11.8 Å². The second-order valence-electron chi connectivity index (χ2n) is 10.6. The lowest BCUT2D eigenvalue weighted by molar-refractivity contribution is -0.384. The number of carbonyl (C=O) groups is 1. The third-order valence-electron chi connectivity index (χ3n) is 7.61. The number of thioether (sulfide) groups is 1. The number of methoxy groups -OCH3 is 2. The predicted octanol–water partition coefficient (Wildman–Crippen LogP) is 5.36. The van der Waals surface area contributed by atoms with Crippen molar-refractivity contribution in [3.05, 3.63) is 122 Å². The minimum absolute atomic E-state index is 0.00948. The average molecular weight is 655 g/mol. The number of benzene rings is 4. The average Bonchev–Trinajstić information content (AvgIpc) is 3.55. The molecule has 1 amide bonds. The highest BCUT2D eigenvalue weighted by Gasteiger charge is 2.20. The van der Waals surface area contributed by atoms with Crippen LogP contribution in [0, 0.1) is 10.1 Å². The fraction of sp³-hybridized carbons (Fsp3) is 0.206. The van der Waals surface area contributed by atoms with E-state index in [9.17, 15) is 19.7 Å². The third kappa shape index (κ3) is 6.99. The smallest absolute Gasteiger partial charge is 0.269 e. The summed E-state index contributed by atoms with van der Waals surface area (Å²) in [7, 11) is 3.16. The van der Waals surface area contributed by atoms with Crippen molar-refractivity contribution < 1.29 is 28.7 Å². The highest BCUT2D eigenvalue weighted by molar-refractivity contribution is 7.98. The van der Waals surface area contributed by atoms with E-state index in [-0.39, 0.29) is 30.5 Å². The lowest BCUT2D eigenvalue weighted by Gasteiger charge is -2.14. The number of nitrogens with one attached hydrogen (secondary N) is 1. The molecule has 0 atom stereocenters. The van der Waals surface area contributed by atoms with Crippen molar-refractivity contribution in [3.63, 3.8) is 0 Å². The molecule has 2 heterocycles. The van der Waals surface area contributed by atoms with Gasteiger partial charge in [-0.1, -0.05) is 42.1 Å². The number of hydrogen-bond acceptors (Lipinski definition) is 10. The Kier molecular flexibility index (Phi) is 9.25. The Balaban J connectivity index is 1.19. The van der Waals surface area contributed by atoms with Crippen LogP contribution in [0.25, 0.3) is 10.9 Å². The summed E-state index contributed by atoms with van der Waals surface area (Å²) in [5, 5.41) is 15.0. The van der Waals surface area contributed by atoms with E-state index in [0.29, 0.717) is 63.3 Å². The van der Waals surface area contributed by atoms with E-state index in [1.165, 1.54) is 23.9 Å². The van der Waals surface area contributed by atoms with Gasteiger partial charge >= 0.3 is 0 Å². The van der Waals surface area contributed by atoms with Crippen molar-refractivity contribution in [2.75, 3.05) is 27.6 Å². The first-order valence-corrected chi connectivity index (χ1v) is 15.6. The van der Waals surface area contributed by atoms with Crippen LogP contribution in [0.4, 0.5) is 5.69 Å². The number of carbonyl (C=O) groups excluding carboxylic acids is 1. The third-order valence-corrected chi connectivity index (χ3v) is 8.65. The Bertz CT molecular complexity index is 2030. The number of nitro benzene ring substituents is 1. The summed E-state index contributed by atoms with van der Waals surface area (Å²) in [4.78, 5) is 42.3. The molecule has 240 valence electrons. The molecule has 5 aromatic rings. The van der Waals surface area contributed by atoms with Crippen molar-refractivity contribution in [2.24, 2.45) is 0 Å². The van der Waals surface area contributed by atoms with Crippen molar-refractivity contribution in [2.45, 2.75) is 23.9 Å². The molecule has 0 bridgehead atoms. The van der Waals surface area contributed by atoms with E-state index in [1.807, 2.05) is 18.2 Å². The maximum Gasteiger partial charge on any atom is 0.269 e. The van der Waals surface area contributed by atoms with Gasteiger partial charge in [0, 0.05) is 36.1 Å². The van der Waals surface area contributed by atoms with E-state index in [4.69, 9.17) is 23.9 Å². The summed E-state index contributed by atoms with van der Waals surface area (Å²) < 4.78 is 23.2. The molecule has 4 aromatic carbocycles. The highest BCUT2D eigenvalue weighted by atomic mass is 32.2. The van der Waals surface area contributed by atoms with Gasteiger partial charge in [-0.2, -0.15) is 0 Å². The van der Waals surface area contributed by atoms with E-state index in [1.54, 1.807) is 67.3 Å². The van der Waals surface area contributed by atoms with Crippen LogP contribution in [0.15, 0.2) is 88.8 Å². The number of nitro groups is 1. The van der Waals surface area contributed by atoms with E-state index >= 15 is 0 Å². The van der Waals surface area contributed by atoms with Crippen LogP contribution in [0.2, 0.25) is 0 Å². The topological polar surface area (TPSA) is 144 Å². The van der Waals surface area contributed by atoms with Crippen LogP contribution in [0.1, 0.15) is 27.0 Å². The number of non-ortho nitro benzene ring substituents is 1. The fourth-order valence-corrected chi connectivity index (χ4v) is 6.09. The molecule has 13 heteroatoms. The van der Waals surface area contributed by atoms with Crippen LogP contribution in [0.5, 0.6) is 23.0 Å². The second-order valence-corrected chi connectivity index (χ2v) is 11.6. The standard InChI is InChI=1S/C34H30N4O8S/c1-43-28-11-8-21(15-29(28)44-2)12-13-35-32(39)24-9-6-22(7-10-24)18-37-33(40)26-16-30-31(46-20-45-30)17-27(26)36-34(37)47-19-23-4-3-5-25(14-23)38(41)42/h3-11,14-17H,12-13,18-20H2,1-2H3,(H,35,39). The molecule has 6 rings (SSSR count). The number of rotatable bonds is 12. The Morgan fingerprint density at radius 1 is 0.957 bits per heavy atom. The molecule has 0 spiro atoms. The molecular formula is C34H30N4O8S. The molecule has 1 aliphatic rings. The van der Waals surface area contributed by atoms with Gasteiger partial charge in [0.25, 0.3) is 17.2 Å². The van der Waals surface area contributed by atoms with Gasteiger partial charge in [-0.05, 0) is 53.4 Å². The zero-order chi connectivity index (χ0) is 32.9. The Hall–Kier alpha value is -5.56. The Morgan fingerprint density at radius 2 is 1.70 bits per heavy atom. The van der Waals surface area contributed by atoms with Crippen molar-refractivity contribution in [1.29, 1.82) is 0 Å². The van der Waals surface area contributed by atoms with Gasteiger partial charge < -0.3 is 24.3 Å². The Morgan fingerprint density at radius 3 is 2.45 bits per heavy atom. The van der Waals surface area contributed by atoms with E-state index in [2.05, 4.69) is 5.32 Å². The van der Waals surface area contributed by atoms with Gasteiger partial charge in [-0.15, -0.1) is 0 Å². The first-order chi connectivity index (χ1) is 22.8. The van der Waals surface area contributed by atoms with Gasteiger partial charge in [0.05, 0.1) is 36.6 Å². The van der Waals surface area contributed by atoms with Gasteiger partial charge in [-0.25, -0.2) is 4.98 Å². The molecule has 0 unspecified atom stereocenters. The van der Waals surface area contributed by atoms with Gasteiger partial charge in [0.2, 0.25) is 6.79 Å². The van der Waals surface area contributed by atoms with Gasteiger partial charge in [-0.3, -0.25) is 24.3 Å². The molecule has 1 N–H and O–H groups in total. The lowest BCUT2D eigenvalue weighted by atomic mass is 10.1. The summed E-state index contributed by atoms with van der Waals surface area (Å²) in [6, 6.07) is 22.3. The maximum atomic E-state index is 13.8. The van der Waals surface area contributed by atoms with Crippen LogP contribution in [0.3, 0.4) is 0 Å². The highest BCUT2D eigenvalue weighted by Crippen LogP contribution is 2.35. The summed E-state index contributed by atoms with van der Waals surface area (Å²) in [6.07, 6.45) is 0.610. The van der Waals surface area contributed by atoms with Crippen LogP contribution in [-0.4, -0.2) is 47.9 Å². The molecule has 0 fully saturated rings. The first-order valence-electron chi connectivity index (χ1n) is 14.6. The number of ether oxygens (including phenoxy) is 4. The number of amides is 1. The fourth-order valence-electron chi connectivity index (χ4n) is 5.15. The van der Waals surface area contributed by atoms with Crippen molar-refractivity contribution in [1.82, 2.24) is 14.9 Å². The lowest BCUT2D eigenvalue weighted by Crippen LogP contribution is -2.26. The van der Waals surface area contributed by atoms with Crippen LogP contribution in [-0.2, 0) is 18.7 Å². The molecule has 0 aliphatic carbocycles. The monoisotopic (exact) mass is 654 g/mol. The number of hydrogen-bond donors (Lipinski definition) is 1. The summed E-state index contributed by atoms with van der Waals surface area (Å²) >= 11 is 1.30. The van der Waals surface area contributed by atoms with Gasteiger partial charge in [0.15, 0.2) is 28.2 Å². The first kappa shape index (κ1) is 31.4. The number of fused-ring (bicyclic) bond motifs is 2. The maximum absolute atomic E-state index is 13.8. The Labute approximate surface area is 273 Å². The van der Waals surface area contributed by atoms with Crippen molar-refractivity contribution >= 4 is 34.3 Å². The molecule has 1 aromatic heterocycles.